The van der Waals surface area contributed by atoms with Gasteiger partial charge in [0.1, 0.15) is 5.57 Å². The van der Waals surface area contributed by atoms with Crippen LogP contribution in [0.1, 0.15) is 22.8 Å². The highest BCUT2D eigenvalue weighted by Crippen LogP contribution is 2.15. The van der Waals surface area contributed by atoms with E-state index >= 15 is 0 Å². The third kappa shape index (κ3) is 3.20. The van der Waals surface area contributed by atoms with Crippen molar-refractivity contribution in [3.8, 4) is 0 Å². The van der Waals surface area contributed by atoms with Gasteiger partial charge in [-0.2, -0.15) is 0 Å². The Balaban J connectivity index is 3.23. The van der Waals surface area contributed by atoms with Crippen LogP contribution in [0, 0.1) is 0 Å². The Morgan fingerprint density at radius 1 is 1.28 bits per heavy atom. The quantitative estimate of drug-likeness (QED) is 0.374. The molecule has 0 atom stereocenters. The molecular formula is C14H17NO3. The maximum atomic E-state index is 12.2. The zero-order chi connectivity index (χ0) is 13.7. The van der Waals surface area contributed by atoms with Crippen LogP contribution in [0.5, 0.6) is 0 Å². The molecule has 18 heavy (non-hydrogen) atoms. The van der Waals surface area contributed by atoms with Gasteiger partial charge in [0.15, 0.2) is 0 Å². The molecule has 0 spiro atoms. The van der Waals surface area contributed by atoms with Crippen LogP contribution in [-0.4, -0.2) is 35.9 Å². The van der Waals surface area contributed by atoms with Gasteiger partial charge in [-0.05, 0) is 12.0 Å². The smallest absolute Gasteiger partial charge is 0.341 e. The largest absolute Gasteiger partial charge is 0.477 e. The summed E-state index contributed by atoms with van der Waals surface area (Å²) in [5.41, 5.74) is 1.09. The second kappa shape index (κ2) is 6.00. The van der Waals surface area contributed by atoms with E-state index in [0.29, 0.717) is 12.0 Å². The van der Waals surface area contributed by atoms with Crippen molar-refractivity contribution >= 4 is 11.8 Å². The van der Waals surface area contributed by atoms with E-state index < -0.39 is 11.8 Å². The number of carboxylic acids is 1. The first-order valence-corrected chi connectivity index (χ1v) is 5.71. The van der Waals surface area contributed by atoms with E-state index in [1.165, 1.54) is 6.20 Å². The van der Waals surface area contributed by atoms with Gasteiger partial charge in [0.2, 0.25) is 5.78 Å². The molecule has 0 aliphatic rings. The van der Waals surface area contributed by atoms with E-state index in [9.17, 15) is 9.59 Å². The fourth-order valence-corrected chi connectivity index (χ4v) is 1.66. The van der Waals surface area contributed by atoms with E-state index in [0.717, 1.165) is 5.56 Å². The monoisotopic (exact) mass is 247 g/mol. The topological polar surface area (TPSA) is 57.6 Å². The zero-order valence-corrected chi connectivity index (χ0v) is 10.8. The Labute approximate surface area is 107 Å². The van der Waals surface area contributed by atoms with E-state index in [-0.39, 0.29) is 5.57 Å². The van der Waals surface area contributed by atoms with Crippen molar-refractivity contribution < 1.29 is 14.7 Å². The van der Waals surface area contributed by atoms with Crippen LogP contribution in [0.2, 0.25) is 0 Å². The second-order valence-electron chi connectivity index (χ2n) is 4.15. The number of rotatable bonds is 5. The number of Topliss-reactive ketones (excluding diaryl/α,β-unsaturated/α-hetero) is 1. The predicted molar refractivity (Wildman–Crippen MR) is 69.6 cm³/mol. The van der Waals surface area contributed by atoms with E-state index in [1.807, 2.05) is 19.1 Å². The number of carboxylic acid groups (broad SMARTS) is 1. The van der Waals surface area contributed by atoms with Crippen molar-refractivity contribution in [1.82, 2.24) is 4.90 Å². The van der Waals surface area contributed by atoms with Gasteiger partial charge >= 0.3 is 5.97 Å². The third-order valence-electron chi connectivity index (χ3n) is 2.51. The van der Waals surface area contributed by atoms with Crippen molar-refractivity contribution in [2.75, 3.05) is 14.1 Å². The van der Waals surface area contributed by atoms with Crippen LogP contribution < -0.4 is 0 Å². The Hall–Kier alpha value is -2.10. The Kier molecular flexibility index (Phi) is 4.66. The molecule has 0 unspecified atom stereocenters. The number of benzene rings is 1. The summed E-state index contributed by atoms with van der Waals surface area (Å²) in [6.45, 7) is 1.93. The molecule has 0 amide bonds. The maximum absolute atomic E-state index is 12.2. The van der Waals surface area contributed by atoms with Gasteiger partial charge in [0.05, 0.1) is 0 Å². The molecular weight excluding hydrogens is 230 g/mol. The summed E-state index contributed by atoms with van der Waals surface area (Å²) in [6.07, 6.45) is 2.02. The SMILES string of the molecule is CCc1ccccc1C(=O)C(=CN(C)C)C(=O)O. The number of aryl methyl sites for hydroxylation is 1. The molecule has 0 saturated heterocycles. The first-order chi connectivity index (χ1) is 8.47. The lowest BCUT2D eigenvalue weighted by atomic mass is 9.97. The fraction of sp³-hybridized carbons (Fsp3) is 0.286. The molecule has 0 bridgehead atoms. The molecule has 0 saturated carbocycles. The summed E-state index contributed by atoms with van der Waals surface area (Å²) in [7, 11) is 3.36. The Morgan fingerprint density at radius 2 is 1.89 bits per heavy atom. The first-order valence-electron chi connectivity index (χ1n) is 5.71. The molecule has 96 valence electrons. The summed E-state index contributed by atoms with van der Waals surface area (Å²) in [5.74, 6) is -1.66. The molecule has 4 heteroatoms. The van der Waals surface area contributed by atoms with E-state index in [1.54, 1.807) is 31.1 Å². The summed E-state index contributed by atoms with van der Waals surface area (Å²) in [4.78, 5) is 24.9. The molecule has 1 rings (SSSR count). The highest BCUT2D eigenvalue weighted by atomic mass is 16.4. The lowest BCUT2D eigenvalue weighted by Crippen LogP contribution is -2.17. The minimum Gasteiger partial charge on any atom is -0.477 e. The van der Waals surface area contributed by atoms with Gasteiger partial charge < -0.3 is 10.0 Å². The third-order valence-corrected chi connectivity index (χ3v) is 2.51. The zero-order valence-electron chi connectivity index (χ0n) is 10.8. The van der Waals surface area contributed by atoms with Gasteiger partial charge in [0.25, 0.3) is 0 Å². The number of ketones is 1. The summed E-state index contributed by atoms with van der Waals surface area (Å²) >= 11 is 0. The van der Waals surface area contributed by atoms with Crippen molar-refractivity contribution in [1.29, 1.82) is 0 Å². The highest BCUT2D eigenvalue weighted by Gasteiger charge is 2.21. The van der Waals surface area contributed by atoms with Crippen LogP contribution in [0.25, 0.3) is 0 Å². The van der Waals surface area contributed by atoms with Gasteiger partial charge in [-0.1, -0.05) is 31.2 Å². The lowest BCUT2D eigenvalue weighted by Gasteiger charge is -2.10. The number of hydrogen-bond acceptors (Lipinski definition) is 3. The van der Waals surface area contributed by atoms with Gasteiger partial charge in [-0.3, -0.25) is 4.79 Å². The highest BCUT2D eigenvalue weighted by molar-refractivity contribution is 6.24. The Bertz CT molecular complexity index is 490. The van der Waals surface area contributed by atoms with Gasteiger partial charge in [-0.25, -0.2) is 4.79 Å². The normalized spacial score (nSPS) is 11.2. The maximum Gasteiger partial charge on any atom is 0.341 e. The van der Waals surface area contributed by atoms with Crippen molar-refractivity contribution in [2.45, 2.75) is 13.3 Å². The molecule has 0 heterocycles. The van der Waals surface area contributed by atoms with Crippen LogP contribution in [-0.2, 0) is 11.2 Å². The van der Waals surface area contributed by atoms with Crippen molar-refractivity contribution in [3.63, 3.8) is 0 Å². The van der Waals surface area contributed by atoms with Crippen molar-refractivity contribution in [2.24, 2.45) is 0 Å². The predicted octanol–water partition coefficient (Wildman–Crippen LogP) is 1.96. The molecule has 1 aromatic carbocycles. The summed E-state index contributed by atoms with van der Waals surface area (Å²) in [6, 6.07) is 7.07. The number of carbonyl (C=O) groups is 2. The summed E-state index contributed by atoms with van der Waals surface area (Å²) in [5, 5.41) is 9.10. The molecule has 0 fully saturated rings. The molecule has 4 nitrogen and oxygen atoms in total. The first kappa shape index (κ1) is 14.0. The van der Waals surface area contributed by atoms with Crippen molar-refractivity contribution in [3.05, 3.63) is 47.2 Å². The molecule has 0 aromatic heterocycles. The molecule has 0 radical (unpaired) electrons. The van der Waals surface area contributed by atoms with Gasteiger partial charge in [0, 0.05) is 25.9 Å². The van der Waals surface area contributed by atoms with Gasteiger partial charge in [-0.15, -0.1) is 0 Å². The number of nitrogens with zero attached hydrogens (tertiary/aromatic N) is 1. The minimum atomic E-state index is -1.21. The molecule has 1 N–H and O–H groups in total. The minimum absolute atomic E-state index is 0.221. The van der Waals surface area contributed by atoms with Crippen LogP contribution in [0.15, 0.2) is 36.0 Å². The average Bonchev–Trinajstić information content (AvgIpc) is 2.34. The average molecular weight is 247 g/mol. The Morgan fingerprint density at radius 3 is 2.39 bits per heavy atom. The second-order valence-corrected chi connectivity index (χ2v) is 4.15. The van der Waals surface area contributed by atoms with Crippen LogP contribution >= 0.6 is 0 Å². The number of aliphatic carboxylic acids is 1. The summed E-state index contributed by atoms with van der Waals surface area (Å²) < 4.78 is 0. The number of carbonyl (C=O) groups excluding carboxylic acids is 1. The molecule has 1 aromatic rings. The standard InChI is InChI=1S/C14H17NO3/c1-4-10-7-5-6-8-11(10)13(16)12(14(17)18)9-15(2)3/h5-9H,4H2,1-3H3,(H,17,18). The van der Waals surface area contributed by atoms with Crippen LogP contribution in [0.4, 0.5) is 0 Å². The lowest BCUT2D eigenvalue weighted by molar-refractivity contribution is -0.132. The fourth-order valence-electron chi connectivity index (χ4n) is 1.66. The number of hydrogen-bond donors (Lipinski definition) is 1. The van der Waals surface area contributed by atoms with Crippen LogP contribution in [0.3, 0.4) is 0 Å². The van der Waals surface area contributed by atoms with E-state index in [4.69, 9.17) is 5.11 Å². The van der Waals surface area contributed by atoms with E-state index in [2.05, 4.69) is 0 Å². The molecule has 0 aliphatic heterocycles. The molecule has 0 aliphatic carbocycles.